The molecule has 0 N–H and O–H groups in total. The van der Waals surface area contributed by atoms with Gasteiger partial charge in [0.2, 0.25) is 11.8 Å². The van der Waals surface area contributed by atoms with E-state index in [1.54, 1.807) is 21.1 Å². The fraction of sp³-hybridized carbons (Fsp3) is 0.538. The fourth-order valence-corrected chi connectivity index (χ4v) is 3.46. The highest BCUT2D eigenvalue weighted by Gasteiger charge is 2.41. The number of nitrogens with zero attached hydrogens (tertiary/aromatic N) is 2. The van der Waals surface area contributed by atoms with E-state index in [1.807, 2.05) is 5.38 Å². The van der Waals surface area contributed by atoms with E-state index in [2.05, 4.69) is 11.4 Å². The van der Waals surface area contributed by atoms with Crippen LogP contribution in [-0.2, 0) is 16.0 Å². The average molecular weight is 264 g/mol. The third-order valence-corrected chi connectivity index (χ3v) is 4.48. The molecule has 2 amide bonds. The second-order valence-electron chi connectivity index (χ2n) is 4.89. The molecule has 2 fully saturated rings. The minimum absolute atomic E-state index is 0.113. The van der Waals surface area contributed by atoms with E-state index >= 15 is 0 Å². The quantitative estimate of drug-likeness (QED) is 0.821. The minimum atomic E-state index is -0.172. The summed E-state index contributed by atoms with van der Waals surface area (Å²) >= 11 is 1.66. The van der Waals surface area contributed by atoms with Gasteiger partial charge in [-0.1, -0.05) is 0 Å². The highest BCUT2D eigenvalue weighted by molar-refractivity contribution is 7.07. The molecule has 3 heterocycles. The maximum atomic E-state index is 12.2. The van der Waals surface area contributed by atoms with Crippen LogP contribution in [0.15, 0.2) is 16.8 Å². The third-order valence-electron chi connectivity index (χ3n) is 3.75. The van der Waals surface area contributed by atoms with E-state index in [4.69, 9.17) is 0 Å². The summed E-state index contributed by atoms with van der Waals surface area (Å²) in [5, 5.41) is 4.13. The SMILES string of the molecule is O=C1C2CCCN2C(=O)CN1CCc1ccsc1. The number of piperazine rings is 1. The molecule has 4 nitrogen and oxygen atoms in total. The van der Waals surface area contributed by atoms with Crippen LogP contribution < -0.4 is 0 Å². The van der Waals surface area contributed by atoms with Gasteiger partial charge >= 0.3 is 0 Å². The van der Waals surface area contributed by atoms with Gasteiger partial charge in [-0.25, -0.2) is 0 Å². The zero-order chi connectivity index (χ0) is 12.5. The van der Waals surface area contributed by atoms with Crippen LogP contribution >= 0.6 is 11.3 Å². The molecule has 0 aromatic carbocycles. The van der Waals surface area contributed by atoms with Crippen molar-refractivity contribution in [2.75, 3.05) is 19.6 Å². The predicted octanol–water partition coefficient (Wildman–Crippen LogP) is 1.12. The lowest BCUT2D eigenvalue weighted by Crippen LogP contribution is -2.57. The first kappa shape index (κ1) is 11.7. The van der Waals surface area contributed by atoms with Crippen LogP contribution in [0.5, 0.6) is 0 Å². The summed E-state index contributed by atoms with van der Waals surface area (Å²) in [5.41, 5.74) is 1.24. The number of rotatable bonds is 3. The number of fused-ring (bicyclic) bond motifs is 1. The van der Waals surface area contributed by atoms with Crippen molar-refractivity contribution in [2.45, 2.75) is 25.3 Å². The van der Waals surface area contributed by atoms with Crippen molar-refractivity contribution in [1.82, 2.24) is 9.80 Å². The van der Waals surface area contributed by atoms with Gasteiger partial charge in [-0.2, -0.15) is 11.3 Å². The van der Waals surface area contributed by atoms with Crippen LogP contribution in [0.4, 0.5) is 0 Å². The van der Waals surface area contributed by atoms with Gasteiger partial charge in [-0.05, 0) is 41.7 Å². The van der Waals surface area contributed by atoms with Gasteiger partial charge in [0.05, 0.1) is 6.54 Å². The molecule has 1 atom stereocenters. The lowest BCUT2D eigenvalue weighted by atomic mass is 10.1. The maximum absolute atomic E-state index is 12.2. The van der Waals surface area contributed by atoms with Crippen molar-refractivity contribution in [3.63, 3.8) is 0 Å². The molecule has 18 heavy (non-hydrogen) atoms. The normalized spacial score (nSPS) is 23.7. The molecule has 2 saturated heterocycles. The van der Waals surface area contributed by atoms with Gasteiger partial charge in [0.25, 0.3) is 0 Å². The zero-order valence-electron chi connectivity index (χ0n) is 10.2. The van der Waals surface area contributed by atoms with E-state index in [1.165, 1.54) is 5.56 Å². The lowest BCUT2D eigenvalue weighted by Gasteiger charge is -2.36. The number of carbonyl (C=O) groups is 2. The van der Waals surface area contributed by atoms with Crippen LogP contribution in [0.1, 0.15) is 18.4 Å². The van der Waals surface area contributed by atoms with Crippen molar-refractivity contribution in [3.05, 3.63) is 22.4 Å². The summed E-state index contributed by atoms with van der Waals surface area (Å²) in [5.74, 6) is 0.254. The Labute approximate surface area is 110 Å². The lowest BCUT2D eigenvalue weighted by molar-refractivity contribution is -0.153. The number of hydrogen-bond donors (Lipinski definition) is 0. The molecule has 1 aromatic rings. The first-order chi connectivity index (χ1) is 8.75. The highest BCUT2D eigenvalue weighted by atomic mass is 32.1. The van der Waals surface area contributed by atoms with E-state index in [0.29, 0.717) is 6.54 Å². The van der Waals surface area contributed by atoms with Crippen molar-refractivity contribution in [3.8, 4) is 0 Å². The Morgan fingerprint density at radius 2 is 2.28 bits per heavy atom. The Kier molecular flexibility index (Phi) is 3.07. The molecule has 3 rings (SSSR count). The molecule has 5 heteroatoms. The summed E-state index contributed by atoms with van der Waals surface area (Å²) in [6.07, 6.45) is 2.63. The second-order valence-corrected chi connectivity index (χ2v) is 5.67. The van der Waals surface area contributed by atoms with Crippen LogP contribution in [0.2, 0.25) is 0 Å². The molecule has 2 aliphatic heterocycles. The largest absolute Gasteiger partial charge is 0.331 e. The van der Waals surface area contributed by atoms with E-state index < -0.39 is 0 Å². The van der Waals surface area contributed by atoms with Crippen molar-refractivity contribution < 1.29 is 9.59 Å². The second kappa shape index (κ2) is 4.72. The summed E-state index contributed by atoms with van der Waals surface area (Å²) < 4.78 is 0. The van der Waals surface area contributed by atoms with Crippen molar-refractivity contribution in [1.29, 1.82) is 0 Å². The zero-order valence-corrected chi connectivity index (χ0v) is 11.0. The number of hydrogen-bond acceptors (Lipinski definition) is 3. The smallest absolute Gasteiger partial charge is 0.245 e. The Hall–Kier alpha value is -1.36. The van der Waals surface area contributed by atoms with Crippen LogP contribution in [-0.4, -0.2) is 47.3 Å². The minimum Gasteiger partial charge on any atom is -0.331 e. The van der Waals surface area contributed by atoms with Gasteiger partial charge in [0.15, 0.2) is 0 Å². The van der Waals surface area contributed by atoms with Gasteiger partial charge in [0.1, 0.15) is 6.04 Å². The van der Waals surface area contributed by atoms with Crippen molar-refractivity contribution in [2.24, 2.45) is 0 Å². The van der Waals surface area contributed by atoms with Crippen LogP contribution in [0.3, 0.4) is 0 Å². The van der Waals surface area contributed by atoms with Gasteiger partial charge < -0.3 is 9.80 Å². The van der Waals surface area contributed by atoms with E-state index in [9.17, 15) is 9.59 Å². The van der Waals surface area contributed by atoms with Gasteiger partial charge in [-0.3, -0.25) is 9.59 Å². The summed E-state index contributed by atoms with van der Waals surface area (Å²) in [7, 11) is 0. The highest BCUT2D eigenvalue weighted by Crippen LogP contribution is 2.23. The molecule has 0 spiro atoms. The third kappa shape index (κ3) is 2.03. The Bertz CT molecular complexity index is 458. The monoisotopic (exact) mass is 264 g/mol. The molecule has 1 unspecified atom stereocenters. The Morgan fingerprint density at radius 3 is 3.06 bits per heavy atom. The molecule has 2 aliphatic rings. The first-order valence-corrected chi connectivity index (χ1v) is 7.29. The number of carbonyl (C=O) groups excluding carboxylic acids is 2. The van der Waals surface area contributed by atoms with Gasteiger partial charge in [0, 0.05) is 13.1 Å². The Morgan fingerprint density at radius 1 is 1.39 bits per heavy atom. The summed E-state index contributed by atoms with van der Waals surface area (Å²) in [6.45, 7) is 1.68. The van der Waals surface area contributed by atoms with Gasteiger partial charge in [-0.15, -0.1) is 0 Å². The molecule has 1 aromatic heterocycles. The topological polar surface area (TPSA) is 40.6 Å². The number of amides is 2. The molecular weight excluding hydrogens is 248 g/mol. The Balaban J connectivity index is 1.65. The standard InChI is InChI=1S/C13H16N2O2S/c16-12-8-14(6-3-10-4-7-18-9-10)13(17)11-2-1-5-15(11)12/h4,7,9,11H,1-3,5-6,8H2. The van der Waals surface area contributed by atoms with E-state index in [-0.39, 0.29) is 24.4 Å². The molecule has 0 aliphatic carbocycles. The molecular formula is C13H16N2O2S. The average Bonchev–Trinajstić information content (AvgIpc) is 3.01. The maximum Gasteiger partial charge on any atom is 0.245 e. The summed E-state index contributed by atoms with van der Waals surface area (Å²) in [4.78, 5) is 27.7. The predicted molar refractivity (Wildman–Crippen MR) is 69.3 cm³/mol. The molecule has 0 bridgehead atoms. The summed E-state index contributed by atoms with van der Waals surface area (Å²) in [6, 6.07) is 1.90. The molecule has 96 valence electrons. The molecule has 0 saturated carbocycles. The first-order valence-electron chi connectivity index (χ1n) is 6.35. The fourth-order valence-electron chi connectivity index (χ4n) is 2.75. The molecule has 0 radical (unpaired) electrons. The van der Waals surface area contributed by atoms with Crippen LogP contribution in [0.25, 0.3) is 0 Å². The number of thiophene rings is 1. The van der Waals surface area contributed by atoms with Crippen molar-refractivity contribution >= 4 is 23.2 Å². The van der Waals surface area contributed by atoms with Crippen LogP contribution in [0, 0.1) is 0 Å². The van der Waals surface area contributed by atoms with E-state index in [0.717, 1.165) is 25.8 Å².